The molecule has 2 aliphatic rings. The molecule has 12 heteroatoms. The molecule has 1 aromatic rings. The number of hydrogen-bond acceptors (Lipinski definition) is 7. The monoisotopic (exact) mass is 762 g/mol. The average Bonchev–Trinajstić information content (AvgIpc) is 3.03. The van der Waals surface area contributed by atoms with Crippen LogP contribution in [0.15, 0.2) is 77.9 Å². The summed E-state index contributed by atoms with van der Waals surface area (Å²) in [5.41, 5.74) is 3.08. The second-order valence-electron chi connectivity index (χ2n) is 15.5. The van der Waals surface area contributed by atoms with E-state index in [1.165, 1.54) is 0 Å². The number of carbonyl (C=O) groups excluding carboxylic acids is 1. The van der Waals surface area contributed by atoms with Crippen LogP contribution in [0.2, 0.25) is 36.3 Å². The topological polar surface area (TPSA) is 108 Å². The predicted molar refractivity (Wildman–Crippen MR) is 205 cm³/mol. The summed E-state index contributed by atoms with van der Waals surface area (Å²) in [6.07, 6.45) is 2.96. The fraction of sp³-hybridized carbons (Fsp3) is 0.615. The van der Waals surface area contributed by atoms with Gasteiger partial charge in [0.2, 0.25) is 0 Å². The fourth-order valence-corrected chi connectivity index (χ4v) is 7.58. The Morgan fingerprint density at radius 3 is 1.55 bits per heavy atom. The summed E-state index contributed by atoms with van der Waals surface area (Å²) in [6, 6.07) is 8.82. The van der Waals surface area contributed by atoms with Crippen molar-refractivity contribution >= 4 is 22.6 Å². The quantitative estimate of drug-likeness (QED) is 0.269. The molecule has 2 saturated carbocycles. The molecule has 0 aliphatic heterocycles. The van der Waals surface area contributed by atoms with Crippen LogP contribution in [0, 0.1) is 0 Å². The maximum atomic E-state index is 14.5. The van der Waals surface area contributed by atoms with Crippen molar-refractivity contribution in [2.45, 2.75) is 128 Å². The molecule has 1 aromatic carbocycles. The van der Waals surface area contributed by atoms with E-state index in [1.807, 2.05) is 6.07 Å². The van der Waals surface area contributed by atoms with Crippen molar-refractivity contribution in [1.29, 1.82) is 0 Å². The first kappa shape index (κ1) is 51.8. The standard InChI is InChI=1S/C22H31FO3Si.C15H27FO2Si.CH4O.CH3O.Na/c1-16-18(12-13-25-21(24)17-10-8-7-9-11-17)14-19(15-20(16)23)26-27(5,6)22(2,3)4;1-11-12(7-8-17)9-13(10-14(11)16)18-19(5,6)15(2,3)4;2*1-2;/h7-12,19-20H,1,13-15H2,2-6H3;7,13-14,17H,1,8-10H2,2-6H3;2H,1H3;1H3;/q;;;-1;+1/b18-12-;12-7-;;;/t19?,20-;13?,14-;;;/m00.../s1. The smallest absolute Gasteiger partial charge is 0.857 e. The maximum absolute atomic E-state index is 14.5. The summed E-state index contributed by atoms with van der Waals surface area (Å²) in [7, 11) is -2.11. The normalized spacial score (nSPS) is 22.7. The number of halogens is 2. The van der Waals surface area contributed by atoms with E-state index in [0.29, 0.717) is 42.4 Å². The van der Waals surface area contributed by atoms with Crippen molar-refractivity contribution in [3.63, 3.8) is 0 Å². The number of aliphatic hydroxyl groups excluding tert-OH is 2. The van der Waals surface area contributed by atoms with E-state index in [9.17, 15) is 13.6 Å². The van der Waals surface area contributed by atoms with Gasteiger partial charge in [0.15, 0.2) is 16.6 Å². The molecular formula is C39H65F2NaO7Si2. The molecule has 2 unspecified atom stereocenters. The van der Waals surface area contributed by atoms with Crippen LogP contribution in [0.4, 0.5) is 8.78 Å². The van der Waals surface area contributed by atoms with Gasteiger partial charge in [-0.15, -0.1) is 0 Å². The van der Waals surface area contributed by atoms with E-state index in [0.717, 1.165) is 25.4 Å². The third-order valence-corrected chi connectivity index (χ3v) is 18.9. The summed E-state index contributed by atoms with van der Waals surface area (Å²) in [4.78, 5) is 12.0. The molecule has 4 atom stereocenters. The molecule has 0 heterocycles. The third kappa shape index (κ3) is 16.7. The van der Waals surface area contributed by atoms with Crippen LogP contribution in [-0.4, -0.2) is 84.8 Å². The van der Waals surface area contributed by atoms with Gasteiger partial charge < -0.3 is 28.9 Å². The van der Waals surface area contributed by atoms with Gasteiger partial charge in [0, 0.05) is 20.0 Å². The number of carbonyl (C=O) groups is 1. The third-order valence-electron chi connectivity index (χ3n) is 9.84. The number of benzene rings is 1. The van der Waals surface area contributed by atoms with E-state index >= 15 is 0 Å². The molecule has 286 valence electrons. The van der Waals surface area contributed by atoms with Crippen LogP contribution in [0.25, 0.3) is 0 Å². The summed E-state index contributed by atoms with van der Waals surface area (Å²) in [5, 5.41) is 24.4. The van der Waals surface area contributed by atoms with Crippen molar-refractivity contribution in [2.75, 3.05) is 27.4 Å². The van der Waals surface area contributed by atoms with Crippen molar-refractivity contribution < 1.29 is 72.0 Å². The van der Waals surface area contributed by atoms with E-state index in [2.05, 4.69) is 80.9 Å². The molecule has 0 spiro atoms. The average molecular weight is 763 g/mol. The molecular weight excluding hydrogens is 698 g/mol. The summed E-state index contributed by atoms with van der Waals surface area (Å²) < 4.78 is 46.4. The van der Waals surface area contributed by atoms with Gasteiger partial charge in [0.25, 0.3) is 0 Å². The molecule has 2 aliphatic carbocycles. The Kier molecular flexibility index (Phi) is 23.9. The minimum atomic E-state index is -1.98. The van der Waals surface area contributed by atoms with Crippen molar-refractivity contribution in [3.05, 3.63) is 83.5 Å². The number of hydrogen-bond donors (Lipinski definition) is 2. The Morgan fingerprint density at radius 2 is 1.20 bits per heavy atom. The van der Waals surface area contributed by atoms with E-state index < -0.39 is 29.0 Å². The van der Waals surface area contributed by atoms with Gasteiger partial charge in [-0.25, -0.2) is 13.6 Å². The molecule has 2 N–H and O–H groups in total. The Labute approximate surface area is 331 Å². The van der Waals surface area contributed by atoms with Crippen molar-refractivity contribution in [3.8, 4) is 0 Å². The van der Waals surface area contributed by atoms with Gasteiger partial charge in [-0.05, 0) is 89.6 Å². The second kappa shape index (κ2) is 23.5. The number of allylic oxidation sites excluding steroid dienone is 2. The van der Waals surface area contributed by atoms with Gasteiger partial charge in [-0.1, -0.05) is 79.0 Å². The second-order valence-corrected chi connectivity index (χ2v) is 25.0. The van der Waals surface area contributed by atoms with Crippen LogP contribution in [0.1, 0.15) is 77.6 Å². The van der Waals surface area contributed by atoms with Crippen LogP contribution in [0.5, 0.6) is 0 Å². The molecule has 2 fully saturated rings. The van der Waals surface area contributed by atoms with E-state index in [1.54, 1.807) is 36.4 Å². The number of rotatable bonds is 8. The largest absolute Gasteiger partial charge is 1.00 e. The van der Waals surface area contributed by atoms with Crippen molar-refractivity contribution in [2.24, 2.45) is 0 Å². The first-order valence-corrected chi connectivity index (χ1v) is 23.0. The molecule has 0 saturated heterocycles. The Hall–Kier alpha value is -1.26. The van der Waals surface area contributed by atoms with Crippen LogP contribution < -0.4 is 34.7 Å². The van der Waals surface area contributed by atoms with Gasteiger partial charge in [0.05, 0.1) is 24.4 Å². The number of aliphatic hydroxyl groups is 2. The first-order chi connectivity index (χ1) is 23.1. The zero-order valence-electron chi connectivity index (χ0n) is 33.7. The molecule has 51 heavy (non-hydrogen) atoms. The van der Waals surface area contributed by atoms with Crippen molar-refractivity contribution in [1.82, 2.24) is 0 Å². The summed E-state index contributed by atoms with van der Waals surface area (Å²) in [5.74, 6) is -0.389. The number of alkyl halides is 2. The molecule has 0 bridgehead atoms. The first-order valence-electron chi connectivity index (χ1n) is 17.2. The summed E-state index contributed by atoms with van der Waals surface area (Å²) in [6.45, 7) is 29.5. The summed E-state index contributed by atoms with van der Waals surface area (Å²) >= 11 is 0. The Morgan fingerprint density at radius 1 is 0.824 bits per heavy atom. The molecule has 0 radical (unpaired) electrons. The van der Waals surface area contributed by atoms with Gasteiger partial charge >= 0.3 is 35.5 Å². The molecule has 7 nitrogen and oxygen atoms in total. The van der Waals surface area contributed by atoms with Crippen LogP contribution >= 0.6 is 0 Å². The van der Waals surface area contributed by atoms with Gasteiger partial charge in [0.1, 0.15) is 19.0 Å². The Balaban J connectivity index is 0. The number of esters is 1. The van der Waals surface area contributed by atoms with Crippen LogP contribution in [0.3, 0.4) is 0 Å². The minimum absolute atomic E-state index is 0. The maximum Gasteiger partial charge on any atom is 1.00 e. The fourth-order valence-electron chi connectivity index (χ4n) is 4.85. The van der Waals surface area contributed by atoms with E-state index in [-0.39, 0.29) is 71.0 Å². The SMILES string of the molecule is C=C1/C(=C\CO)CC(O[Si](C)(C)C(C)(C)C)C[C@@H]1F.C=C1/C(=C\COC(=O)c2ccccc2)CC(O[Si](C)(C)C(C)(C)C)C[C@@H]1F.CO.C[O-].[Na+]. The van der Waals surface area contributed by atoms with E-state index in [4.69, 9.17) is 28.9 Å². The minimum Gasteiger partial charge on any atom is -0.857 e. The Bertz CT molecular complexity index is 1270. The number of ether oxygens (including phenoxy) is 1. The molecule has 3 rings (SSSR count). The zero-order valence-corrected chi connectivity index (χ0v) is 37.7. The van der Waals surface area contributed by atoms with Gasteiger partial charge in [-0.2, -0.15) is 7.11 Å². The predicted octanol–water partition coefficient (Wildman–Crippen LogP) is 5.42. The zero-order chi connectivity index (χ0) is 39.1. The van der Waals surface area contributed by atoms with Crippen LogP contribution in [-0.2, 0) is 13.6 Å². The molecule has 0 amide bonds. The van der Waals surface area contributed by atoms with Gasteiger partial charge in [-0.3, -0.25) is 0 Å². The molecule has 0 aromatic heterocycles.